The molecule has 0 radical (unpaired) electrons. The third-order valence-corrected chi connectivity index (χ3v) is 7.02. The van der Waals surface area contributed by atoms with Crippen LogP contribution in [0.15, 0.2) is 35.4 Å². The van der Waals surface area contributed by atoms with Crippen molar-refractivity contribution in [3.8, 4) is 0 Å². The number of benzene rings is 1. The molecule has 0 fully saturated rings. The Morgan fingerprint density at radius 1 is 1.34 bits per heavy atom. The summed E-state index contributed by atoms with van der Waals surface area (Å²) in [5.74, 6) is 0.467. The molecule has 5 nitrogen and oxygen atoms in total. The van der Waals surface area contributed by atoms with E-state index >= 15 is 0 Å². The van der Waals surface area contributed by atoms with Gasteiger partial charge in [0.25, 0.3) is 5.56 Å². The molecule has 0 aliphatic heterocycles. The van der Waals surface area contributed by atoms with E-state index in [0.29, 0.717) is 5.92 Å². The lowest BCUT2D eigenvalue weighted by Crippen LogP contribution is -2.34. The topological polar surface area (TPSA) is 64.0 Å². The predicted molar refractivity (Wildman–Crippen MR) is 117 cm³/mol. The minimum Gasteiger partial charge on any atom is -0.348 e. The molecule has 29 heavy (non-hydrogen) atoms. The Labute approximate surface area is 174 Å². The van der Waals surface area contributed by atoms with Gasteiger partial charge in [0, 0.05) is 4.88 Å². The fourth-order valence-corrected chi connectivity index (χ4v) is 5.39. The highest BCUT2D eigenvalue weighted by molar-refractivity contribution is 7.18. The molecular formula is C23H27N3O2S. The number of hydrogen-bond acceptors (Lipinski definition) is 4. The highest BCUT2D eigenvalue weighted by Crippen LogP contribution is 2.35. The van der Waals surface area contributed by atoms with Crippen molar-refractivity contribution in [1.82, 2.24) is 14.9 Å². The number of rotatable bonds is 5. The molecule has 1 amide bonds. The van der Waals surface area contributed by atoms with Gasteiger partial charge in [0.15, 0.2) is 0 Å². The molecule has 2 aromatic heterocycles. The number of thiophene rings is 1. The number of hydrogen-bond donors (Lipinski definition) is 1. The summed E-state index contributed by atoms with van der Waals surface area (Å²) in [6.07, 6.45) is 5.54. The molecule has 0 saturated heterocycles. The summed E-state index contributed by atoms with van der Waals surface area (Å²) >= 11 is 1.63. The van der Waals surface area contributed by atoms with Crippen molar-refractivity contribution < 1.29 is 4.79 Å². The number of nitrogens with zero attached hydrogens (tertiary/aromatic N) is 2. The number of carbonyl (C=O) groups is 1. The Kier molecular flexibility index (Phi) is 5.54. The van der Waals surface area contributed by atoms with Crippen LogP contribution in [0.5, 0.6) is 0 Å². The minimum absolute atomic E-state index is 0.0137. The van der Waals surface area contributed by atoms with Crippen LogP contribution in [-0.4, -0.2) is 15.5 Å². The van der Waals surface area contributed by atoms with Gasteiger partial charge in [-0.25, -0.2) is 4.98 Å². The molecule has 0 saturated carbocycles. The molecule has 2 atom stereocenters. The lowest BCUT2D eigenvalue weighted by molar-refractivity contribution is -0.122. The summed E-state index contributed by atoms with van der Waals surface area (Å²) in [4.78, 5) is 32.2. The molecule has 4 rings (SSSR count). The van der Waals surface area contributed by atoms with Crippen LogP contribution in [0.2, 0.25) is 0 Å². The highest BCUT2D eigenvalue weighted by Gasteiger charge is 2.23. The average molecular weight is 410 g/mol. The molecule has 1 aliphatic carbocycles. The van der Waals surface area contributed by atoms with Gasteiger partial charge in [-0.15, -0.1) is 11.3 Å². The van der Waals surface area contributed by atoms with Crippen LogP contribution in [0.3, 0.4) is 0 Å². The molecule has 1 aliphatic rings. The first-order valence-corrected chi connectivity index (χ1v) is 11.2. The van der Waals surface area contributed by atoms with E-state index in [1.807, 2.05) is 19.1 Å². The van der Waals surface area contributed by atoms with Gasteiger partial charge in [0.1, 0.15) is 11.4 Å². The average Bonchev–Trinajstić information content (AvgIpc) is 3.08. The summed E-state index contributed by atoms with van der Waals surface area (Å²) in [6.45, 7) is 6.31. The molecule has 0 unspecified atom stereocenters. The fraction of sp³-hybridized carbons (Fsp3) is 0.435. The lowest BCUT2D eigenvalue weighted by atomic mass is 9.89. The number of nitrogens with one attached hydrogen (secondary N) is 1. The SMILES string of the molecule is CCc1ccc([C@@H](C)NC(=O)Cn2cnc3sc4c(c3c2=O)CC[C@H](C)C4)cc1. The van der Waals surface area contributed by atoms with Crippen LogP contribution < -0.4 is 10.9 Å². The molecule has 0 spiro atoms. The van der Waals surface area contributed by atoms with Crippen LogP contribution in [0, 0.1) is 5.92 Å². The van der Waals surface area contributed by atoms with E-state index in [0.717, 1.165) is 47.0 Å². The second kappa shape index (κ2) is 8.11. The first-order chi connectivity index (χ1) is 14.0. The molecule has 3 aromatic rings. The largest absolute Gasteiger partial charge is 0.348 e. The zero-order valence-electron chi connectivity index (χ0n) is 17.2. The lowest BCUT2D eigenvalue weighted by Gasteiger charge is -2.17. The molecule has 152 valence electrons. The number of fused-ring (bicyclic) bond motifs is 3. The van der Waals surface area contributed by atoms with Crippen molar-refractivity contribution in [3.05, 3.63) is 62.5 Å². The Balaban J connectivity index is 1.52. The van der Waals surface area contributed by atoms with E-state index in [9.17, 15) is 9.59 Å². The standard InChI is InChI=1S/C23H27N3O2S/c1-4-16-6-8-17(9-7-16)15(3)25-20(27)12-26-13-24-22-21(23(26)28)18-10-5-14(2)11-19(18)29-22/h6-9,13-15H,4-5,10-12H2,1-3H3,(H,25,27)/t14-,15+/m0/s1. The smallest absolute Gasteiger partial charge is 0.262 e. The van der Waals surface area contributed by atoms with Crippen LogP contribution in [0.25, 0.3) is 10.2 Å². The highest BCUT2D eigenvalue weighted by atomic mass is 32.1. The van der Waals surface area contributed by atoms with Gasteiger partial charge in [0.2, 0.25) is 5.91 Å². The maximum Gasteiger partial charge on any atom is 0.262 e. The third-order valence-electron chi connectivity index (χ3n) is 5.86. The van der Waals surface area contributed by atoms with Crippen LogP contribution in [-0.2, 0) is 30.6 Å². The van der Waals surface area contributed by atoms with Crippen LogP contribution in [0.4, 0.5) is 0 Å². The van der Waals surface area contributed by atoms with E-state index in [-0.39, 0.29) is 24.1 Å². The van der Waals surface area contributed by atoms with Crippen molar-refractivity contribution in [1.29, 1.82) is 0 Å². The van der Waals surface area contributed by atoms with Crippen molar-refractivity contribution in [2.24, 2.45) is 5.92 Å². The maximum absolute atomic E-state index is 13.1. The zero-order chi connectivity index (χ0) is 20.5. The quantitative estimate of drug-likeness (QED) is 0.692. The van der Waals surface area contributed by atoms with Crippen molar-refractivity contribution in [3.63, 3.8) is 0 Å². The monoisotopic (exact) mass is 409 g/mol. The van der Waals surface area contributed by atoms with Gasteiger partial charge in [-0.2, -0.15) is 0 Å². The summed E-state index contributed by atoms with van der Waals surface area (Å²) < 4.78 is 1.44. The Morgan fingerprint density at radius 2 is 2.10 bits per heavy atom. The summed E-state index contributed by atoms with van der Waals surface area (Å²) in [6, 6.07) is 8.14. The number of carbonyl (C=O) groups excluding carboxylic acids is 1. The molecule has 0 bridgehead atoms. The second-order valence-corrected chi connectivity index (χ2v) is 9.18. The molecule has 6 heteroatoms. The Bertz CT molecular complexity index is 1100. The van der Waals surface area contributed by atoms with E-state index in [1.165, 1.54) is 21.3 Å². The van der Waals surface area contributed by atoms with Gasteiger partial charge in [0.05, 0.1) is 17.8 Å². The second-order valence-electron chi connectivity index (χ2n) is 8.09. The molecule has 2 heterocycles. The van der Waals surface area contributed by atoms with Gasteiger partial charge in [-0.1, -0.05) is 38.1 Å². The predicted octanol–water partition coefficient (Wildman–Crippen LogP) is 4.02. The zero-order valence-corrected chi connectivity index (χ0v) is 18.0. The molecular weight excluding hydrogens is 382 g/mol. The first kappa shape index (κ1) is 19.8. The van der Waals surface area contributed by atoms with Crippen LogP contribution >= 0.6 is 11.3 Å². The first-order valence-electron chi connectivity index (χ1n) is 10.3. The maximum atomic E-state index is 13.1. The van der Waals surface area contributed by atoms with E-state index in [2.05, 4.69) is 36.3 Å². The molecule has 1 aromatic carbocycles. The van der Waals surface area contributed by atoms with Gasteiger partial charge < -0.3 is 5.32 Å². The number of aryl methyl sites for hydroxylation is 2. The van der Waals surface area contributed by atoms with Crippen molar-refractivity contribution >= 4 is 27.5 Å². The van der Waals surface area contributed by atoms with Gasteiger partial charge in [-0.05, 0) is 55.2 Å². The summed E-state index contributed by atoms with van der Waals surface area (Å²) in [5, 5.41) is 3.71. The Hall–Kier alpha value is -2.47. The minimum atomic E-state index is -0.182. The fourth-order valence-electron chi connectivity index (χ4n) is 4.05. The van der Waals surface area contributed by atoms with E-state index in [4.69, 9.17) is 0 Å². The normalized spacial score (nSPS) is 17.1. The Morgan fingerprint density at radius 3 is 2.83 bits per heavy atom. The number of amides is 1. The van der Waals surface area contributed by atoms with Crippen molar-refractivity contribution in [2.75, 3.05) is 0 Å². The summed E-state index contributed by atoms with van der Waals surface area (Å²) in [5.41, 5.74) is 3.38. The summed E-state index contributed by atoms with van der Waals surface area (Å²) in [7, 11) is 0. The molecule has 1 N–H and O–H groups in total. The van der Waals surface area contributed by atoms with Crippen LogP contribution in [0.1, 0.15) is 54.8 Å². The third kappa shape index (κ3) is 3.99. The van der Waals surface area contributed by atoms with Gasteiger partial charge in [-0.3, -0.25) is 14.2 Å². The van der Waals surface area contributed by atoms with Crippen molar-refractivity contribution in [2.45, 2.75) is 59.0 Å². The van der Waals surface area contributed by atoms with E-state index in [1.54, 1.807) is 11.3 Å². The van der Waals surface area contributed by atoms with E-state index < -0.39 is 0 Å². The number of aromatic nitrogens is 2. The van der Waals surface area contributed by atoms with Gasteiger partial charge >= 0.3 is 0 Å².